The van der Waals surface area contributed by atoms with Crippen LogP contribution in [-0.2, 0) is 0 Å². The molecular formula is C12H16F4N4O. The van der Waals surface area contributed by atoms with Crippen LogP contribution >= 0.6 is 0 Å². The van der Waals surface area contributed by atoms with Gasteiger partial charge in [-0.1, -0.05) is 13.8 Å². The van der Waals surface area contributed by atoms with Crippen molar-refractivity contribution in [2.24, 2.45) is 0 Å². The van der Waals surface area contributed by atoms with Gasteiger partial charge in [0.2, 0.25) is 0 Å². The Balaban J connectivity index is 2.93. The SMILES string of the molecule is CNc1cnc(C(C)C)nc1C(=O)NCC(F)(F)C(F)F. The molecule has 0 aromatic carbocycles. The van der Waals surface area contributed by atoms with Crippen molar-refractivity contribution in [1.29, 1.82) is 0 Å². The lowest BCUT2D eigenvalue weighted by Gasteiger charge is -2.16. The number of halogens is 4. The molecule has 1 heterocycles. The number of amides is 1. The number of nitrogens with zero attached hydrogens (tertiary/aromatic N) is 2. The van der Waals surface area contributed by atoms with Crippen LogP contribution in [0.2, 0.25) is 0 Å². The third-order valence-corrected chi connectivity index (χ3v) is 2.61. The maximum absolute atomic E-state index is 12.8. The predicted molar refractivity (Wildman–Crippen MR) is 69.0 cm³/mol. The molecule has 1 rings (SSSR count). The van der Waals surface area contributed by atoms with Crippen LogP contribution in [0.5, 0.6) is 0 Å². The van der Waals surface area contributed by atoms with E-state index in [-0.39, 0.29) is 17.3 Å². The van der Waals surface area contributed by atoms with Crippen molar-refractivity contribution in [2.45, 2.75) is 32.1 Å². The minimum absolute atomic E-state index is 0.0787. The summed E-state index contributed by atoms with van der Waals surface area (Å²) in [5.74, 6) is -4.99. The van der Waals surface area contributed by atoms with Gasteiger partial charge in [-0.15, -0.1) is 0 Å². The van der Waals surface area contributed by atoms with Gasteiger partial charge in [0.15, 0.2) is 5.69 Å². The Bertz CT molecular complexity index is 508. The zero-order chi connectivity index (χ0) is 16.2. The molecule has 2 N–H and O–H groups in total. The minimum Gasteiger partial charge on any atom is -0.385 e. The molecule has 9 heteroatoms. The quantitative estimate of drug-likeness (QED) is 0.791. The highest BCUT2D eigenvalue weighted by Gasteiger charge is 2.41. The van der Waals surface area contributed by atoms with E-state index in [2.05, 4.69) is 15.3 Å². The predicted octanol–water partition coefficient (Wildman–Crippen LogP) is 2.27. The Morgan fingerprint density at radius 3 is 2.48 bits per heavy atom. The molecule has 0 aliphatic carbocycles. The van der Waals surface area contributed by atoms with Crippen LogP contribution in [0.4, 0.5) is 23.2 Å². The highest BCUT2D eigenvalue weighted by molar-refractivity contribution is 5.97. The number of alkyl halides is 4. The van der Waals surface area contributed by atoms with E-state index in [1.807, 2.05) is 0 Å². The number of hydrogen-bond donors (Lipinski definition) is 2. The Morgan fingerprint density at radius 2 is 2.00 bits per heavy atom. The van der Waals surface area contributed by atoms with Gasteiger partial charge in [0.05, 0.1) is 18.4 Å². The van der Waals surface area contributed by atoms with Crippen LogP contribution in [0.1, 0.15) is 36.1 Å². The van der Waals surface area contributed by atoms with Crippen LogP contribution in [0.25, 0.3) is 0 Å². The molecule has 0 fully saturated rings. The first-order valence-electron chi connectivity index (χ1n) is 6.18. The average Bonchev–Trinajstić information content (AvgIpc) is 2.43. The van der Waals surface area contributed by atoms with E-state index in [1.165, 1.54) is 13.2 Å². The number of nitrogens with one attached hydrogen (secondary N) is 2. The summed E-state index contributed by atoms with van der Waals surface area (Å²) in [4.78, 5) is 19.8. The highest BCUT2D eigenvalue weighted by atomic mass is 19.3. The summed E-state index contributed by atoms with van der Waals surface area (Å²) in [6.45, 7) is 2.12. The number of anilines is 1. The standard InChI is InChI=1S/C12H16F4N4O/c1-6(2)9-18-4-7(17-3)8(20-9)10(21)19-5-12(15,16)11(13)14/h4,6,11,17H,5H2,1-3H3,(H,19,21). The number of carbonyl (C=O) groups excluding carboxylic acids is 1. The van der Waals surface area contributed by atoms with Gasteiger partial charge in [-0.2, -0.15) is 8.78 Å². The van der Waals surface area contributed by atoms with Crippen molar-refractivity contribution in [1.82, 2.24) is 15.3 Å². The summed E-state index contributed by atoms with van der Waals surface area (Å²) in [5, 5.41) is 4.40. The summed E-state index contributed by atoms with van der Waals surface area (Å²) in [7, 11) is 1.50. The number of hydrogen-bond acceptors (Lipinski definition) is 4. The molecular weight excluding hydrogens is 292 g/mol. The highest BCUT2D eigenvalue weighted by Crippen LogP contribution is 2.22. The Kier molecular flexibility index (Phi) is 5.45. The van der Waals surface area contributed by atoms with E-state index >= 15 is 0 Å². The van der Waals surface area contributed by atoms with Gasteiger partial charge >= 0.3 is 12.3 Å². The molecule has 0 aliphatic heterocycles. The van der Waals surface area contributed by atoms with E-state index < -0.39 is 24.8 Å². The van der Waals surface area contributed by atoms with Gasteiger partial charge in [-0.3, -0.25) is 4.79 Å². The first kappa shape index (κ1) is 17.1. The number of carbonyl (C=O) groups is 1. The number of aromatic nitrogens is 2. The second-order valence-electron chi connectivity index (χ2n) is 4.64. The first-order chi connectivity index (χ1) is 9.69. The summed E-state index contributed by atoms with van der Waals surface area (Å²) < 4.78 is 49.7. The van der Waals surface area contributed by atoms with E-state index in [4.69, 9.17) is 0 Å². The van der Waals surface area contributed by atoms with Crippen molar-refractivity contribution < 1.29 is 22.4 Å². The van der Waals surface area contributed by atoms with Crippen LogP contribution in [0.3, 0.4) is 0 Å². The molecule has 21 heavy (non-hydrogen) atoms. The topological polar surface area (TPSA) is 66.9 Å². The molecule has 0 radical (unpaired) electrons. The molecule has 1 aromatic heterocycles. The summed E-state index contributed by atoms with van der Waals surface area (Å²) in [6.07, 6.45) is -2.51. The molecule has 118 valence electrons. The van der Waals surface area contributed by atoms with E-state index in [0.717, 1.165) is 0 Å². The molecule has 0 saturated carbocycles. The van der Waals surface area contributed by atoms with Gasteiger partial charge in [-0.05, 0) is 0 Å². The molecule has 5 nitrogen and oxygen atoms in total. The van der Waals surface area contributed by atoms with Gasteiger partial charge in [0.25, 0.3) is 5.91 Å². The smallest absolute Gasteiger partial charge is 0.324 e. The van der Waals surface area contributed by atoms with Gasteiger partial charge in [-0.25, -0.2) is 18.7 Å². The monoisotopic (exact) mass is 308 g/mol. The van der Waals surface area contributed by atoms with Gasteiger partial charge in [0.1, 0.15) is 5.82 Å². The van der Waals surface area contributed by atoms with E-state index in [0.29, 0.717) is 5.82 Å². The second kappa shape index (κ2) is 6.68. The summed E-state index contributed by atoms with van der Waals surface area (Å²) in [6, 6.07) is 0. The fourth-order valence-electron chi connectivity index (χ4n) is 1.39. The van der Waals surface area contributed by atoms with Crippen LogP contribution in [0, 0.1) is 0 Å². The van der Waals surface area contributed by atoms with Crippen LogP contribution in [-0.4, -0.2) is 41.8 Å². The molecule has 0 spiro atoms. The number of rotatable bonds is 6. The molecule has 0 atom stereocenters. The van der Waals surface area contributed by atoms with Gasteiger partial charge < -0.3 is 10.6 Å². The largest absolute Gasteiger partial charge is 0.385 e. The third kappa shape index (κ3) is 4.27. The molecule has 0 saturated heterocycles. The van der Waals surface area contributed by atoms with Gasteiger partial charge in [0, 0.05) is 13.0 Å². The van der Waals surface area contributed by atoms with E-state index in [9.17, 15) is 22.4 Å². The lowest BCUT2D eigenvalue weighted by molar-refractivity contribution is -0.123. The van der Waals surface area contributed by atoms with E-state index in [1.54, 1.807) is 19.2 Å². The summed E-state index contributed by atoms with van der Waals surface area (Å²) >= 11 is 0. The fourth-order valence-corrected chi connectivity index (χ4v) is 1.39. The molecule has 0 aliphatic rings. The third-order valence-electron chi connectivity index (χ3n) is 2.61. The molecule has 1 aromatic rings. The van der Waals surface area contributed by atoms with Crippen molar-refractivity contribution in [3.05, 3.63) is 17.7 Å². The Hall–Kier alpha value is -1.93. The van der Waals surface area contributed by atoms with Crippen LogP contribution < -0.4 is 10.6 Å². The van der Waals surface area contributed by atoms with Crippen molar-refractivity contribution >= 4 is 11.6 Å². The lowest BCUT2D eigenvalue weighted by Crippen LogP contribution is -2.41. The summed E-state index contributed by atoms with van der Waals surface area (Å²) in [5.41, 5.74) is 0.0542. The van der Waals surface area contributed by atoms with Crippen LogP contribution in [0.15, 0.2) is 6.20 Å². The molecule has 0 unspecified atom stereocenters. The second-order valence-corrected chi connectivity index (χ2v) is 4.64. The van der Waals surface area contributed by atoms with Crippen molar-refractivity contribution in [3.8, 4) is 0 Å². The fraction of sp³-hybridized carbons (Fsp3) is 0.583. The zero-order valence-corrected chi connectivity index (χ0v) is 11.8. The minimum atomic E-state index is -4.29. The lowest BCUT2D eigenvalue weighted by atomic mass is 10.2. The Morgan fingerprint density at radius 1 is 1.38 bits per heavy atom. The zero-order valence-electron chi connectivity index (χ0n) is 11.8. The molecule has 1 amide bonds. The molecule has 0 bridgehead atoms. The average molecular weight is 308 g/mol. The normalized spacial score (nSPS) is 11.9. The maximum atomic E-state index is 12.8. The Labute approximate surface area is 119 Å². The van der Waals surface area contributed by atoms with Crippen molar-refractivity contribution in [2.75, 3.05) is 18.9 Å². The first-order valence-corrected chi connectivity index (χ1v) is 6.18. The maximum Gasteiger partial charge on any atom is 0.324 e. The van der Waals surface area contributed by atoms with Crippen molar-refractivity contribution in [3.63, 3.8) is 0 Å².